The fraction of sp³-hybridized carbons (Fsp3) is 0.211. The summed E-state index contributed by atoms with van der Waals surface area (Å²) in [6, 6.07) is 13.1. The lowest BCUT2D eigenvalue weighted by Gasteiger charge is -2.06. The average molecular weight is 352 g/mol. The average Bonchev–Trinajstić information content (AvgIpc) is 3.31. The van der Waals surface area contributed by atoms with Crippen LogP contribution >= 0.6 is 11.5 Å². The zero-order valence-electron chi connectivity index (χ0n) is 13.6. The molecule has 1 N–H and O–H groups in total. The van der Waals surface area contributed by atoms with Gasteiger partial charge in [0.1, 0.15) is 0 Å². The second-order valence-electron chi connectivity index (χ2n) is 6.13. The Hall–Kier alpha value is -2.73. The third-order valence-corrected chi connectivity index (χ3v) is 5.27. The van der Waals surface area contributed by atoms with Gasteiger partial charge in [-0.3, -0.25) is 4.79 Å². The minimum absolute atomic E-state index is 0.0267. The number of hydrogen-bond acceptors (Lipinski definition) is 5. The van der Waals surface area contributed by atoms with Crippen molar-refractivity contribution >= 4 is 39.2 Å². The summed E-state index contributed by atoms with van der Waals surface area (Å²) >= 11 is 1.42. The van der Waals surface area contributed by atoms with Gasteiger partial charge in [0.05, 0.1) is 17.4 Å². The number of anilines is 1. The number of carbonyl (C=O) groups excluding carboxylic acids is 2. The number of methoxy groups -OCH3 is 1. The smallest absolute Gasteiger partial charge is 0.337 e. The molecule has 1 aliphatic carbocycles. The molecule has 4 rings (SSSR count). The van der Waals surface area contributed by atoms with Crippen molar-refractivity contribution in [1.82, 2.24) is 4.37 Å². The van der Waals surface area contributed by atoms with Crippen molar-refractivity contribution < 1.29 is 14.3 Å². The fourth-order valence-electron chi connectivity index (χ4n) is 3.01. The first-order valence-corrected chi connectivity index (χ1v) is 8.76. The lowest BCUT2D eigenvalue weighted by molar-refractivity contribution is -0.117. The van der Waals surface area contributed by atoms with Gasteiger partial charge in [-0.2, -0.15) is 4.37 Å². The van der Waals surface area contributed by atoms with Gasteiger partial charge in [-0.1, -0.05) is 12.1 Å². The highest BCUT2D eigenvalue weighted by molar-refractivity contribution is 7.13. The predicted molar refractivity (Wildman–Crippen MR) is 96.9 cm³/mol. The van der Waals surface area contributed by atoms with Gasteiger partial charge in [-0.05, 0) is 59.8 Å². The molecule has 1 aliphatic rings. The number of ether oxygens (including phenoxy) is 1. The zero-order chi connectivity index (χ0) is 17.4. The molecule has 2 atom stereocenters. The first-order valence-electron chi connectivity index (χ1n) is 7.99. The minimum Gasteiger partial charge on any atom is -0.465 e. The summed E-state index contributed by atoms with van der Waals surface area (Å²) in [4.78, 5) is 23.9. The van der Waals surface area contributed by atoms with Crippen LogP contribution in [0.5, 0.6) is 0 Å². The molecule has 5 nitrogen and oxygen atoms in total. The van der Waals surface area contributed by atoms with E-state index in [0.717, 1.165) is 27.8 Å². The quantitative estimate of drug-likeness (QED) is 0.725. The van der Waals surface area contributed by atoms with E-state index in [4.69, 9.17) is 4.74 Å². The van der Waals surface area contributed by atoms with Crippen LogP contribution < -0.4 is 5.32 Å². The van der Waals surface area contributed by atoms with Crippen molar-refractivity contribution in [3.63, 3.8) is 0 Å². The van der Waals surface area contributed by atoms with Crippen LogP contribution in [0.4, 0.5) is 5.69 Å². The monoisotopic (exact) mass is 352 g/mol. The maximum Gasteiger partial charge on any atom is 0.337 e. The van der Waals surface area contributed by atoms with E-state index in [-0.39, 0.29) is 23.7 Å². The molecular weight excluding hydrogens is 336 g/mol. The molecule has 6 heteroatoms. The number of benzene rings is 2. The van der Waals surface area contributed by atoms with E-state index in [1.165, 1.54) is 18.6 Å². The van der Waals surface area contributed by atoms with Crippen LogP contribution in [0.25, 0.3) is 10.1 Å². The topological polar surface area (TPSA) is 68.3 Å². The van der Waals surface area contributed by atoms with E-state index in [1.54, 1.807) is 12.1 Å². The number of hydrogen-bond donors (Lipinski definition) is 1. The van der Waals surface area contributed by atoms with Crippen LogP contribution in [-0.4, -0.2) is 23.4 Å². The van der Waals surface area contributed by atoms with E-state index >= 15 is 0 Å². The predicted octanol–water partition coefficient (Wildman–Crippen LogP) is 3.83. The Bertz CT molecular complexity index is 949. The molecule has 1 fully saturated rings. The van der Waals surface area contributed by atoms with Gasteiger partial charge in [0.25, 0.3) is 0 Å². The van der Waals surface area contributed by atoms with E-state index < -0.39 is 0 Å². The third-order valence-electron chi connectivity index (χ3n) is 4.51. The molecule has 1 saturated carbocycles. The molecule has 0 aliphatic heterocycles. The summed E-state index contributed by atoms with van der Waals surface area (Å²) < 4.78 is 9.90. The van der Waals surface area contributed by atoms with Crippen LogP contribution in [0.2, 0.25) is 0 Å². The van der Waals surface area contributed by atoms with E-state index in [0.29, 0.717) is 5.56 Å². The highest BCUT2D eigenvalue weighted by Crippen LogP contribution is 2.48. The molecule has 1 unspecified atom stereocenters. The van der Waals surface area contributed by atoms with Crippen LogP contribution in [0.1, 0.15) is 28.3 Å². The van der Waals surface area contributed by atoms with E-state index in [9.17, 15) is 9.59 Å². The summed E-state index contributed by atoms with van der Waals surface area (Å²) in [5, 5.41) is 4.07. The second-order valence-corrected chi connectivity index (χ2v) is 6.96. The van der Waals surface area contributed by atoms with Crippen molar-refractivity contribution in [2.75, 3.05) is 12.4 Å². The Morgan fingerprint density at radius 2 is 2.00 bits per heavy atom. The molecule has 0 saturated heterocycles. The first-order chi connectivity index (χ1) is 12.2. The summed E-state index contributed by atoms with van der Waals surface area (Å²) in [6.07, 6.45) is 2.65. The van der Waals surface area contributed by atoms with Gasteiger partial charge in [0.15, 0.2) is 0 Å². The Balaban J connectivity index is 1.41. The number of aromatic nitrogens is 1. The Kier molecular flexibility index (Phi) is 3.97. The molecule has 0 bridgehead atoms. The minimum atomic E-state index is -0.352. The van der Waals surface area contributed by atoms with Gasteiger partial charge in [-0.15, -0.1) is 0 Å². The number of rotatable bonds is 4. The van der Waals surface area contributed by atoms with E-state index in [2.05, 4.69) is 9.69 Å². The maximum atomic E-state index is 12.5. The fourth-order valence-corrected chi connectivity index (χ4v) is 3.70. The lowest BCUT2D eigenvalue weighted by Crippen LogP contribution is -2.14. The van der Waals surface area contributed by atoms with Gasteiger partial charge in [0, 0.05) is 23.2 Å². The van der Waals surface area contributed by atoms with Crippen LogP contribution in [0.3, 0.4) is 0 Å². The van der Waals surface area contributed by atoms with Gasteiger partial charge < -0.3 is 10.1 Å². The molecule has 25 heavy (non-hydrogen) atoms. The van der Waals surface area contributed by atoms with Crippen molar-refractivity contribution in [3.05, 3.63) is 59.8 Å². The van der Waals surface area contributed by atoms with Gasteiger partial charge >= 0.3 is 5.97 Å². The molecule has 1 heterocycles. The maximum absolute atomic E-state index is 12.5. The van der Waals surface area contributed by atoms with Crippen LogP contribution in [0.15, 0.2) is 48.7 Å². The summed E-state index contributed by atoms with van der Waals surface area (Å²) in [7, 11) is 1.36. The second kappa shape index (κ2) is 6.29. The largest absolute Gasteiger partial charge is 0.465 e. The standard InChI is InChI=1S/C19H16N2O3S/c1-24-19(23)12-4-2-11(3-5-12)15-9-16(15)18(22)21-14-7-6-13-10-20-25-17(13)8-14/h2-8,10,15-16H,9H2,1H3,(H,21,22)/t15?,16-/m1/s1. The number of fused-ring (bicyclic) bond motifs is 1. The summed E-state index contributed by atoms with van der Waals surface area (Å²) in [5.41, 5.74) is 2.39. The molecule has 0 radical (unpaired) electrons. The van der Waals surface area contributed by atoms with Crippen LogP contribution in [0, 0.1) is 5.92 Å². The third kappa shape index (κ3) is 3.13. The summed E-state index contributed by atoms with van der Waals surface area (Å²) in [6.45, 7) is 0. The van der Waals surface area contributed by atoms with E-state index in [1.807, 2.05) is 36.5 Å². The van der Waals surface area contributed by atoms with Gasteiger partial charge in [0.2, 0.25) is 5.91 Å². The van der Waals surface area contributed by atoms with Crippen molar-refractivity contribution in [3.8, 4) is 0 Å². The number of nitrogens with zero attached hydrogens (tertiary/aromatic N) is 1. The molecular formula is C19H16N2O3S. The van der Waals surface area contributed by atoms with Crippen LogP contribution in [-0.2, 0) is 9.53 Å². The highest BCUT2D eigenvalue weighted by Gasteiger charge is 2.43. The molecule has 1 amide bonds. The normalized spacial score (nSPS) is 18.8. The highest BCUT2D eigenvalue weighted by atomic mass is 32.1. The number of esters is 1. The SMILES string of the molecule is COC(=O)c1ccc(C2C[C@H]2C(=O)Nc2ccc3cnsc3c2)cc1. The number of nitrogens with one attached hydrogen (secondary N) is 1. The molecule has 126 valence electrons. The molecule has 0 spiro atoms. The molecule has 3 aromatic rings. The number of carbonyl (C=O) groups is 2. The Labute approximate surface area is 148 Å². The summed E-state index contributed by atoms with van der Waals surface area (Å²) in [5.74, 6) is -0.138. The van der Waals surface area contributed by atoms with Crippen molar-refractivity contribution in [1.29, 1.82) is 0 Å². The number of amides is 1. The molecule has 2 aromatic carbocycles. The van der Waals surface area contributed by atoms with Crippen molar-refractivity contribution in [2.24, 2.45) is 5.92 Å². The molecule has 1 aromatic heterocycles. The lowest BCUT2D eigenvalue weighted by atomic mass is 10.1. The first kappa shape index (κ1) is 15.8. The van der Waals surface area contributed by atoms with Crippen molar-refractivity contribution in [2.45, 2.75) is 12.3 Å². The Morgan fingerprint density at radius 3 is 2.76 bits per heavy atom. The van der Waals surface area contributed by atoms with Gasteiger partial charge in [-0.25, -0.2) is 4.79 Å². The zero-order valence-corrected chi connectivity index (χ0v) is 14.4. The Morgan fingerprint density at radius 1 is 1.20 bits per heavy atom.